The van der Waals surface area contributed by atoms with Gasteiger partial charge in [-0.15, -0.1) is 0 Å². The molecule has 5 nitrogen and oxygen atoms in total. The summed E-state index contributed by atoms with van der Waals surface area (Å²) in [5.74, 6) is -1.37. The molecule has 1 aromatic rings. The Hall–Kier alpha value is -2.27. The van der Waals surface area contributed by atoms with Crippen molar-refractivity contribution in [2.75, 3.05) is 6.54 Å². The number of carboxylic acids is 1. The molecule has 3 rings (SSSR count). The van der Waals surface area contributed by atoms with Crippen molar-refractivity contribution in [1.82, 2.24) is 5.01 Å². The standard InChI is InChI=1S/C16H15ClN2O3/c1-10-13(20)8-19(18-14(10)15(21)22)9-16(6-7-16)11-2-4-12(17)5-3-11/h2-5,8,20H,1,6-7,9H2,(H,21,22). The molecule has 0 bridgehead atoms. The minimum Gasteiger partial charge on any atom is -0.506 e. The zero-order valence-corrected chi connectivity index (χ0v) is 12.5. The van der Waals surface area contributed by atoms with E-state index in [1.54, 1.807) is 0 Å². The molecule has 114 valence electrons. The highest BCUT2D eigenvalue weighted by atomic mass is 35.5. The van der Waals surface area contributed by atoms with Gasteiger partial charge in [0, 0.05) is 16.0 Å². The summed E-state index contributed by atoms with van der Waals surface area (Å²) in [7, 11) is 0. The predicted octanol–water partition coefficient (Wildman–Crippen LogP) is 3.08. The third kappa shape index (κ3) is 2.60. The second-order valence-corrected chi connectivity index (χ2v) is 6.07. The van der Waals surface area contributed by atoms with Crippen molar-refractivity contribution in [3.05, 3.63) is 59.0 Å². The van der Waals surface area contributed by atoms with Gasteiger partial charge in [0.2, 0.25) is 0 Å². The lowest BCUT2D eigenvalue weighted by Crippen LogP contribution is -2.31. The van der Waals surface area contributed by atoms with Crippen LogP contribution in [0.2, 0.25) is 5.02 Å². The molecule has 6 heteroatoms. The molecule has 1 saturated carbocycles. The molecule has 0 aromatic heterocycles. The maximum Gasteiger partial charge on any atom is 0.357 e. The van der Waals surface area contributed by atoms with Crippen LogP contribution in [0.1, 0.15) is 18.4 Å². The summed E-state index contributed by atoms with van der Waals surface area (Å²) in [5.41, 5.74) is 0.862. The summed E-state index contributed by atoms with van der Waals surface area (Å²) in [6.07, 6.45) is 3.39. The number of aliphatic carboxylic acids is 1. The Morgan fingerprint density at radius 2 is 2.00 bits per heavy atom. The Labute approximate surface area is 132 Å². The Morgan fingerprint density at radius 3 is 2.55 bits per heavy atom. The van der Waals surface area contributed by atoms with E-state index >= 15 is 0 Å². The van der Waals surface area contributed by atoms with Gasteiger partial charge in [-0.1, -0.05) is 30.3 Å². The number of hydrazone groups is 1. The molecule has 1 fully saturated rings. The zero-order valence-electron chi connectivity index (χ0n) is 11.8. The first-order chi connectivity index (χ1) is 10.4. The SMILES string of the molecule is C=C1C(O)=CN(CC2(c3ccc(Cl)cc3)CC2)N=C1C(=O)O. The number of hydrogen-bond donors (Lipinski definition) is 2. The summed E-state index contributed by atoms with van der Waals surface area (Å²) in [5, 5.41) is 25.2. The minimum atomic E-state index is -1.20. The van der Waals surface area contributed by atoms with Crippen LogP contribution in [0.25, 0.3) is 0 Å². The molecule has 0 unspecified atom stereocenters. The van der Waals surface area contributed by atoms with Crippen molar-refractivity contribution in [1.29, 1.82) is 0 Å². The highest BCUT2D eigenvalue weighted by Gasteiger charge is 2.46. The third-order valence-electron chi connectivity index (χ3n) is 4.07. The predicted molar refractivity (Wildman–Crippen MR) is 84.0 cm³/mol. The maximum atomic E-state index is 11.2. The molecule has 0 spiro atoms. The molecule has 1 heterocycles. The highest BCUT2D eigenvalue weighted by molar-refractivity contribution is 6.43. The fraction of sp³-hybridized carbons (Fsp3) is 0.250. The molecule has 0 radical (unpaired) electrons. The summed E-state index contributed by atoms with van der Waals surface area (Å²) in [6.45, 7) is 4.04. The van der Waals surface area contributed by atoms with Gasteiger partial charge in [-0.25, -0.2) is 4.79 Å². The van der Waals surface area contributed by atoms with Crippen molar-refractivity contribution in [2.24, 2.45) is 5.10 Å². The first kappa shape index (κ1) is 14.7. The van der Waals surface area contributed by atoms with Gasteiger partial charge < -0.3 is 10.2 Å². The van der Waals surface area contributed by atoms with E-state index < -0.39 is 5.97 Å². The van der Waals surface area contributed by atoms with Gasteiger partial charge in [0.1, 0.15) is 5.76 Å². The molecular formula is C16H15ClN2O3. The van der Waals surface area contributed by atoms with Crippen LogP contribution in [0.15, 0.2) is 53.5 Å². The van der Waals surface area contributed by atoms with Crippen molar-refractivity contribution in [2.45, 2.75) is 18.3 Å². The molecule has 1 aliphatic heterocycles. The second kappa shape index (κ2) is 5.18. The minimum absolute atomic E-state index is 0.0279. The smallest absolute Gasteiger partial charge is 0.357 e. The van der Waals surface area contributed by atoms with Crippen molar-refractivity contribution < 1.29 is 15.0 Å². The van der Waals surface area contributed by atoms with Gasteiger partial charge in [-0.3, -0.25) is 5.01 Å². The number of aliphatic hydroxyl groups is 1. The van der Waals surface area contributed by atoms with Gasteiger partial charge in [0.15, 0.2) is 5.71 Å². The van der Waals surface area contributed by atoms with E-state index in [0.717, 1.165) is 18.4 Å². The molecular weight excluding hydrogens is 304 g/mol. The molecule has 2 aliphatic rings. The molecule has 1 aliphatic carbocycles. The van der Waals surface area contributed by atoms with Crippen molar-refractivity contribution in [3.8, 4) is 0 Å². The maximum absolute atomic E-state index is 11.2. The summed E-state index contributed by atoms with van der Waals surface area (Å²) in [6, 6.07) is 7.63. The lowest BCUT2D eigenvalue weighted by atomic mass is 9.95. The first-order valence-corrected chi connectivity index (χ1v) is 7.24. The van der Waals surface area contributed by atoms with Crippen molar-refractivity contribution >= 4 is 23.3 Å². The van der Waals surface area contributed by atoms with E-state index in [2.05, 4.69) is 11.7 Å². The Bertz CT molecular complexity index is 703. The fourth-order valence-electron chi connectivity index (χ4n) is 2.61. The summed E-state index contributed by atoms with van der Waals surface area (Å²) < 4.78 is 0. The summed E-state index contributed by atoms with van der Waals surface area (Å²) >= 11 is 5.91. The molecule has 1 aromatic carbocycles. The Balaban J connectivity index is 1.85. The molecule has 0 atom stereocenters. The molecule has 0 amide bonds. The van der Waals surface area contributed by atoms with E-state index in [1.807, 2.05) is 24.3 Å². The number of carboxylic acid groups (broad SMARTS) is 1. The number of rotatable bonds is 4. The third-order valence-corrected chi connectivity index (χ3v) is 4.32. The van der Waals surface area contributed by atoms with E-state index in [0.29, 0.717) is 11.6 Å². The quantitative estimate of drug-likeness (QED) is 0.894. The van der Waals surface area contributed by atoms with Crippen LogP contribution in [0.3, 0.4) is 0 Å². The zero-order chi connectivity index (χ0) is 15.9. The number of halogens is 1. The van der Waals surface area contributed by atoms with Gasteiger partial charge in [-0.05, 0) is 30.5 Å². The van der Waals surface area contributed by atoms with Crippen LogP contribution >= 0.6 is 11.6 Å². The Morgan fingerprint density at radius 1 is 1.36 bits per heavy atom. The number of allylic oxidation sites excluding steroid dienone is 1. The largest absolute Gasteiger partial charge is 0.506 e. The monoisotopic (exact) mass is 318 g/mol. The number of carbonyl (C=O) groups is 1. The number of aliphatic hydroxyl groups excluding tert-OH is 1. The Kier molecular flexibility index (Phi) is 3.45. The topological polar surface area (TPSA) is 73.1 Å². The van der Waals surface area contributed by atoms with Gasteiger partial charge in [-0.2, -0.15) is 5.10 Å². The first-order valence-electron chi connectivity index (χ1n) is 6.86. The van der Waals surface area contributed by atoms with Gasteiger partial charge in [0.25, 0.3) is 0 Å². The van der Waals surface area contributed by atoms with E-state index in [-0.39, 0.29) is 22.5 Å². The lowest BCUT2D eigenvalue weighted by molar-refractivity contribution is -0.129. The average Bonchev–Trinajstić information content (AvgIpc) is 3.24. The van der Waals surface area contributed by atoms with Crippen LogP contribution in [-0.2, 0) is 10.2 Å². The van der Waals surface area contributed by atoms with E-state index in [4.69, 9.17) is 16.7 Å². The van der Waals surface area contributed by atoms with Crippen LogP contribution in [0, 0.1) is 0 Å². The number of hydrogen-bond acceptors (Lipinski definition) is 4. The molecule has 22 heavy (non-hydrogen) atoms. The normalized spacial score (nSPS) is 19.5. The fourth-order valence-corrected chi connectivity index (χ4v) is 2.74. The number of benzene rings is 1. The van der Waals surface area contributed by atoms with Gasteiger partial charge >= 0.3 is 5.97 Å². The average molecular weight is 319 g/mol. The van der Waals surface area contributed by atoms with Crippen LogP contribution in [0.4, 0.5) is 0 Å². The highest BCUT2D eigenvalue weighted by Crippen LogP contribution is 2.49. The van der Waals surface area contributed by atoms with Crippen LogP contribution in [0.5, 0.6) is 0 Å². The molecule has 0 saturated heterocycles. The van der Waals surface area contributed by atoms with Crippen LogP contribution < -0.4 is 0 Å². The van der Waals surface area contributed by atoms with E-state index in [1.165, 1.54) is 11.2 Å². The lowest BCUT2D eigenvalue weighted by Gasteiger charge is -2.26. The number of nitrogens with zero attached hydrogens (tertiary/aromatic N) is 2. The molecule has 2 N–H and O–H groups in total. The van der Waals surface area contributed by atoms with Gasteiger partial charge in [0.05, 0.1) is 12.7 Å². The van der Waals surface area contributed by atoms with Crippen molar-refractivity contribution in [3.63, 3.8) is 0 Å². The van der Waals surface area contributed by atoms with Crippen LogP contribution in [-0.4, -0.2) is 33.4 Å². The summed E-state index contributed by atoms with van der Waals surface area (Å²) in [4.78, 5) is 11.2. The van der Waals surface area contributed by atoms with E-state index in [9.17, 15) is 9.90 Å². The second-order valence-electron chi connectivity index (χ2n) is 5.63.